The Morgan fingerprint density at radius 2 is 0.614 bits per heavy atom. The van der Waals surface area contributed by atoms with Crippen molar-refractivity contribution >= 4 is 43.1 Å². The molecule has 0 radical (unpaired) electrons. The highest BCUT2D eigenvalue weighted by Crippen LogP contribution is 2.36. The van der Waals surface area contributed by atoms with Crippen LogP contribution in [0.4, 0.5) is 0 Å². The minimum atomic E-state index is 1.25. The SMILES string of the molecule is Cc1ccc2cc(-c3ccc4cc(-c5ccc6c(C)c(-c7ccc8cc(C)ccc8c7)ccc6c5)ccc4c3C)ccc2c1. The van der Waals surface area contributed by atoms with Gasteiger partial charge in [-0.25, -0.2) is 0 Å². The Morgan fingerprint density at radius 3 is 1.07 bits per heavy atom. The Labute approximate surface area is 259 Å². The number of hydrogen-bond acceptors (Lipinski definition) is 0. The quantitative estimate of drug-likeness (QED) is 0.201. The molecule has 0 aliphatic rings. The smallest absolute Gasteiger partial charge is 0.0148 e. The Balaban J connectivity index is 1.14. The molecule has 0 bridgehead atoms. The fraction of sp³-hybridized carbons (Fsp3) is 0.0909. The van der Waals surface area contributed by atoms with E-state index in [9.17, 15) is 0 Å². The van der Waals surface area contributed by atoms with Gasteiger partial charge >= 0.3 is 0 Å². The largest absolute Gasteiger partial charge is 0.0587 e. The lowest BCUT2D eigenvalue weighted by molar-refractivity contribution is 1.49. The van der Waals surface area contributed by atoms with Gasteiger partial charge in [0.2, 0.25) is 0 Å². The zero-order chi connectivity index (χ0) is 29.9. The van der Waals surface area contributed by atoms with E-state index in [-0.39, 0.29) is 0 Å². The van der Waals surface area contributed by atoms with Gasteiger partial charge in [0.1, 0.15) is 0 Å². The summed E-state index contributed by atoms with van der Waals surface area (Å²) in [6, 6.07) is 50.0. The van der Waals surface area contributed by atoms with Gasteiger partial charge in [-0.2, -0.15) is 0 Å². The molecular formula is C44H34. The van der Waals surface area contributed by atoms with Crippen LogP contribution in [0.25, 0.3) is 76.5 Å². The molecule has 0 nitrogen and oxygen atoms in total. The molecule has 0 N–H and O–H groups in total. The van der Waals surface area contributed by atoms with E-state index in [0.717, 1.165) is 0 Å². The summed E-state index contributed by atoms with van der Waals surface area (Å²) in [5.41, 5.74) is 12.9. The summed E-state index contributed by atoms with van der Waals surface area (Å²) in [6.07, 6.45) is 0. The fourth-order valence-corrected chi connectivity index (χ4v) is 7.02. The second-order valence-electron chi connectivity index (χ2n) is 12.5. The fourth-order valence-electron chi connectivity index (χ4n) is 7.02. The third kappa shape index (κ3) is 4.46. The van der Waals surface area contributed by atoms with Gasteiger partial charge in [0.05, 0.1) is 0 Å². The van der Waals surface area contributed by atoms with Crippen molar-refractivity contribution in [2.75, 3.05) is 0 Å². The van der Waals surface area contributed by atoms with Crippen LogP contribution in [0, 0.1) is 27.7 Å². The van der Waals surface area contributed by atoms with E-state index in [1.807, 2.05) is 0 Å². The molecule has 44 heavy (non-hydrogen) atoms. The number of fused-ring (bicyclic) bond motifs is 4. The Bertz CT molecular complexity index is 2250. The minimum absolute atomic E-state index is 1.25. The van der Waals surface area contributed by atoms with E-state index in [0.29, 0.717) is 0 Å². The van der Waals surface area contributed by atoms with Crippen LogP contribution in [0.2, 0.25) is 0 Å². The van der Waals surface area contributed by atoms with E-state index >= 15 is 0 Å². The molecule has 0 heteroatoms. The molecule has 0 heterocycles. The van der Waals surface area contributed by atoms with Crippen molar-refractivity contribution in [2.45, 2.75) is 27.7 Å². The summed E-state index contributed by atoms with van der Waals surface area (Å²) in [5, 5.41) is 10.3. The van der Waals surface area contributed by atoms with Gasteiger partial charge < -0.3 is 0 Å². The predicted octanol–water partition coefficient (Wildman–Crippen LogP) is 12.5. The highest BCUT2D eigenvalue weighted by molar-refractivity contribution is 5.99. The Morgan fingerprint density at radius 1 is 0.273 bits per heavy atom. The predicted molar refractivity (Wildman–Crippen MR) is 192 cm³/mol. The summed E-state index contributed by atoms with van der Waals surface area (Å²) < 4.78 is 0. The third-order valence-corrected chi connectivity index (χ3v) is 9.53. The zero-order valence-electron chi connectivity index (χ0n) is 25.7. The van der Waals surface area contributed by atoms with Gasteiger partial charge in [-0.15, -0.1) is 0 Å². The number of aryl methyl sites for hydroxylation is 4. The molecule has 8 aromatic carbocycles. The molecule has 8 aromatic rings. The lowest BCUT2D eigenvalue weighted by Crippen LogP contribution is -1.89. The van der Waals surface area contributed by atoms with E-state index < -0.39 is 0 Å². The molecule has 0 aliphatic heterocycles. The summed E-state index contributed by atoms with van der Waals surface area (Å²) in [5.74, 6) is 0. The standard InChI is InChI=1S/C44H34/c1-27-5-7-33-23-37(11-9-31(33)21-27)43-19-15-39-25-35(13-17-41(39)29(43)3)36-14-18-42-30(4)44(20-16-40(42)26-36)38-12-10-32-22-28(2)6-8-34(32)24-38/h5-26H,1-4H3. The van der Waals surface area contributed by atoms with Crippen molar-refractivity contribution in [3.05, 3.63) is 156 Å². The van der Waals surface area contributed by atoms with Crippen molar-refractivity contribution in [2.24, 2.45) is 0 Å². The van der Waals surface area contributed by atoms with E-state index in [4.69, 9.17) is 0 Å². The molecule has 0 aromatic heterocycles. The molecule has 0 saturated carbocycles. The van der Waals surface area contributed by atoms with Crippen molar-refractivity contribution < 1.29 is 0 Å². The lowest BCUT2D eigenvalue weighted by Gasteiger charge is -2.14. The first-order valence-electron chi connectivity index (χ1n) is 15.5. The first kappa shape index (κ1) is 26.4. The van der Waals surface area contributed by atoms with Crippen molar-refractivity contribution in [1.29, 1.82) is 0 Å². The lowest BCUT2D eigenvalue weighted by atomic mass is 9.90. The summed E-state index contributed by atoms with van der Waals surface area (Å²) in [6.45, 7) is 8.81. The average Bonchev–Trinajstić information content (AvgIpc) is 3.04. The molecule has 210 valence electrons. The Kier molecular flexibility index (Phi) is 6.13. The molecule has 0 atom stereocenters. The van der Waals surface area contributed by atoms with Crippen LogP contribution in [-0.4, -0.2) is 0 Å². The van der Waals surface area contributed by atoms with Crippen molar-refractivity contribution in [3.63, 3.8) is 0 Å². The van der Waals surface area contributed by atoms with E-state index in [1.54, 1.807) is 0 Å². The molecule has 0 amide bonds. The van der Waals surface area contributed by atoms with Crippen molar-refractivity contribution in [1.82, 2.24) is 0 Å². The summed E-state index contributed by atoms with van der Waals surface area (Å²) >= 11 is 0. The van der Waals surface area contributed by atoms with Crippen LogP contribution >= 0.6 is 0 Å². The highest BCUT2D eigenvalue weighted by Gasteiger charge is 2.11. The normalized spacial score (nSPS) is 11.6. The Hall–Kier alpha value is -5.20. The molecule has 0 saturated heterocycles. The van der Waals surface area contributed by atoms with Gasteiger partial charge in [-0.1, -0.05) is 120 Å². The number of hydrogen-bond donors (Lipinski definition) is 0. The van der Waals surface area contributed by atoms with Gasteiger partial charge in [0, 0.05) is 0 Å². The maximum absolute atomic E-state index is 2.34. The maximum Gasteiger partial charge on any atom is -0.0148 e. The second-order valence-corrected chi connectivity index (χ2v) is 12.5. The van der Waals surface area contributed by atoms with Crippen molar-refractivity contribution in [3.8, 4) is 33.4 Å². The van der Waals surface area contributed by atoms with Crippen LogP contribution < -0.4 is 0 Å². The molecule has 0 aliphatic carbocycles. The number of rotatable bonds is 3. The van der Waals surface area contributed by atoms with Crippen LogP contribution in [0.1, 0.15) is 22.3 Å². The van der Waals surface area contributed by atoms with Crippen LogP contribution in [-0.2, 0) is 0 Å². The summed E-state index contributed by atoms with van der Waals surface area (Å²) in [7, 11) is 0. The third-order valence-electron chi connectivity index (χ3n) is 9.53. The zero-order valence-corrected chi connectivity index (χ0v) is 25.7. The monoisotopic (exact) mass is 562 g/mol. The molecule has 0 unspecified atom stereocenters. The average molecular weight is 563 g/mol. The molecule has 0 fully saturated rings. The van der Waals surface area contributed by atoms with Gasteiger partial charge in [0.25, 0.3) is 0 Å². The van der Waals surface area contributed by atoms with Gasteiger partial charge in [-0.3, -0.25) is 0 Å². The van der Waals surface area contributed by atoms with Crippen LogP contribution in [0.15, 0.2) is 133 Å². The van der Waals surface area contributed by atoms with Crippen LogP contribution in [0.5, 0.6) is 0 Å². The first-order chi connectivity index (χ1) is 21.4. The topological polar surface area (TPSA) is 0 Å². The van der Waals surface area contributed by atoms with Crippen LogP contribution in [0.3, 0.4) is 0 Å². The first-order valence-corrected chi connectivity index (χ1v) is 15.5. The minimum Gasteiger partial charge on any atom is -0.0587 e. The summed E-state index contributed by atoms with van der Waals surface area (Å²) in [4.78, 5) is 0. The molecular weight excluding hydrogens is 528 g/mol. The highest BCUT2D eigenvalue weighted by atomic mass is 14.2. The second kappa shape index (κ2) is 10.2. The molecule has 8 rings (SSSR count). The van der Waals surface area contributed by atoms with Gasteiger partial charge in [-0.05, 0) is 140 Å². The van der Waals surface area contributed by atoms with E-state index in [2.05, 4.69) is 161 Å². The maximum atomic E-state index is 2.34. The molecule has 0 spiro atoms. The van der Waals surface area contributed by atoms with Gasteiger partial charge in [0.15, 0.2) is 0 Å². The number of benzene rings is 8. The van der Waals surface area contributed by atoms with E-state index in [1.165, 1.54) is 98.7 Å².